The van der Waals surface area contributed by atoms with Gasteiger partial charge in [-0.25, -0.2) is 0 Å². The fraction of sp³-hybridized carbons (Fsp3) is 0.267. The van der Waals surface area contributed by atoms with E-state index in [1.54, 1.807) is 0 Å². The zero-order valence-corrected chi connectivity index (χ0v) is 12.2. The molecule has 3 rings (SSSR count). The van der Waals surface area contributed by atoms with Crippen LogP contribution in [0.4, 0.5) is 5.69 Å². The van der Waals surface area contributed by atoms with Crippen LogP contribution >= 0.6 is 11.3 Å². The number of thiophene rings is 1. The minimum Gasteiger partial charge on any atom is -0.409 e. The molecule has 0 spiro atoms. The molecule has 1 aromatic carbocycles. The van der Waals surface area contributed by atoms with Crippen molar-refractivity contribution in [2.45, 2.75) is 19.9 Å². The molecule has 20 heavy (non-hydrogen) atoms. The van der Waals surface area contributed by atoms with Crippen LogP contribution in [-0.4, -0.2) is 17.6 Å². The van der Waals surface area contributed by atoms with E-state index in [1.807, 2.05) is 30.4 Å². The number of fused-ring (bicyclic) bond motifs is 1. The summed E-state index contributed by atoms with van der Waals surface area (Å²) >= 11 is 1.85. The Hall–Kier alpha value is -2.01. The molecule has 2 aromatic rings. The lowest BCUT2D eigenvalue weighted by Gasteiger charge is -2.29. The van der Waals surface area contributed by atoms with Gasteiger partial charge >= 0.3 is 0 Å². The Morgan fingerprint density at radius 3 is 3.00 bits per heavy atom. The average Bonchev–Trinajstić information content (AvgIpc) is 2.93. The zero-order chi connectivity index (χ0) is 14.1. The van der Waals surface area contributed by atoms with Crippen LogP contribution in [0.5, 0.6) is 0 Å². The van der Waals surface area contributed by atoms with Crippen molar-refractivity contribution >= 4 is 22.9 Å². The predicted octanol–water partition coefficient (Wildman–Crippen LogP) is 2.71. The van der Waals surface area contributed by atoms with E-state index >= 15 is 0 Å². The van der Waals surface area contributed by atoms with Crippen molar-refractivity contribution in [2.24, 2.45) is 10.9 Å². The summed E-state index contributed by atoms with van der Waals surface area (Å²) in [6.07, 6.45) is 1.11. The molecule has 0 unspecified atom stereocenters. The fourth-order valence-corrected chi connectivity index (χ4v) is 3.54. The van der Waals surface area contributed by atoms with Crippen molar-refractivity contribution < 1.29 is 5.21 Å². The molecule has 1 aromatic heterocycles. The molecule has 0 atom stereocenters. The Balaban J connectivity index is 1.87. The van der Waals surface area contributed by atoms with E-state index in [-0.39, 0.29) is 5.84 Å². The quantitative estimate of drug-likeness (QED) is 0.386. The third-order valence-electron chi connectivity index (χ3n) is 3.77. The van der Waals surface area contributed by atoms with Gasteiger partial charge in [-0.2, -0.15) is 0 Å². The normalized spacial score (nSPS) is 15.2. The van der Waals surface area contributed by atoms with Crippen LogP contribution in [0.25, 0.3) is 0 Å². The van der Waals surface area contributed by atoms with Gasteiger partial charge in [0.2, 0.25) is 0 Å². The zero-order valence-electron chi connectivity index (χ0n) is 11.3. The third-order valence-corrected chi connectivity index (χ3v) is 4.79. The van der Waals surface area contributed by atoms with Crippen molar-refractivity contribution in [1.29, 1.82) is 0 Å². The highest BCUT2D eigenvalue weighted by atomic mass is 32.1. The number of oxime groups is 1. The molecule has 0 radical (unpaired) electrons. The van der Waals surface area contributed by atoms with Gasteiger partial charge in [-0.3, -0.25) is 0 Å². The third kappa shape index (κ3) is 2.25. The lowest BCUT2D eigenvalue weighted by Crippen LogP contribution is -2.29. The van der Waals surface area contributed by atoms with E-state index in [0.717, 1.165) is 30.6 Å². The van der Waals surface area contributed by atoms with E-state index in [0.29, 0.717) is 0 Å². The van der Waals surface area contributed by atoms with Crippen LogP contribution in [0.15, 0.2) is 34.8 Å². The maximum Gasteiger partial charge on any atom is 0.170 e. The minimum absolute atomic E-state index is 0.160. The van der Waals surface area contributed by atoms with Crippen LogP contribution in [0, 0.1) is 6.92 Å². The van der Waals surface area contributed by atoms with Gasteiger partial charge in [-0.05, 0) is 54.1 Å². The van der Waals surface area contributed by atoms with Gasteiger partial charge in [0.05, 0.1) is 0 Å². The van der Waals surface area contributed by atoms with Crippen LogP contribution in [0.3, 0.4) is 0 Å². The smallest absolute Gasteiger partial charge is 0.170 e. The Morgan fingerprint density at radius 1 is 1.40 bits per heavy atom. The molecular weight excluding hydrogens is 270 g/mol. The molecule has 0 bridgehead atoms. The fourth-order valence-electron chi connectivity index (χ4n) is 2.65. The summed E-state index contributed by atoms with van der Waals surface area (Å²) < 4.78 is 0. The minimum atomic E-state index is 0.160. The van der Waals surface area contributed by atoms with Crippen LogP contribution in [0.2, 0.25) is 0 Å². The van der Waals surface area contributed by atoms with E-state index in [1.165, 1.54) is 16.1 Å². The maximum atomic E-state index is 8.77. The van der Waals surface area contributed by atoms with E-state index in [2.05, 4.69) is 27.6 Å². The largest absolute Gasteiger partial charge is 0.409 e. The van der Waals surface area contributed by atoms with E-state index in [4.69, 9.17) is 10.9 Å². The first kappa shape index (κ1) is 13.0. The molecule has 2 heterocycles. The summed E-state index contributed by atoms with van der Waals surface area (Å²) in [4.78, 5) is 3.88. The second-order valence-electron chi connectivity index (χ2n) is 5.03. The van der Waals surface area contributed by atoms with Crippen molar-refractivity contribution in [3.8, 4) is 0 Å². The van der Waals surface area contributed by atoms with Crippen molar-refractivity contribution in [2.75, 3.05) is 11.4 Å². The highest BCUT2D eigenvalue weighted by Gasteiger charge is 2.18. The van der Waals surface area contributed by atoms with Gasteiger partial charge in [-0.15, -0.1) is 11.3 Å². The molecule has 0 aliphatic carbocycles. The van der Waals surface area contributed by atoms with Crippen LogP contribution < -0.4 is 10.6 Å². The molecule has 0 fully saturated rings. The molecule has 1 aliphatic rings. The van der Waals surface area contributed by atoms with Gasteiger partial charge in [0.25, 0.3) is 0 Å². The standard InChI is InChI=1S/C15H17N3OS/c1-10-8-12(2-3-13(10)15(16)17-19)18-6-4-14-11(9-18)5-7-20-14/h2-3,5,7-8,19H,4,6,9H2,1H3,(H2,16,17). The lowest BCUT2D eigenvalue weighted by molar-refractivity contribution is 0.318. The first-order valence-corrected chi connectivity index (χ1v) is 7.45. The number of rotatable bonds is 2. The molecule has 0 saturated carbocycles. The molecular formula is C15H17N3OS. The molecule has 0 saturated heterocycles. The first-order valence-electron chi connectivity index (χ1n) is 6.58. The van der Waals surface area contributed by atoms with Gasteiger partial charge in [0, 0.05) is 29.2 Å². The van der Waals surface area contributed by atoms with Crippen LogP contribution in [-0.2, 0) is 13.0 Å². The number of benzene rings is 1. The number of amidine groups is 1. The second kappa shape index (κ2) is 5.17. The topological polar surface area (TPSA) is 61.8 Å². The Morgan fingerprint density at radius 2 is 2.25 bits per heavy atom. The van der Waals surface area contributed by atoms with Crippen molar-refractivity contribution in [3.05, 3.63) is 51.2 Å². The maximum absolute atomic E-state index is 8.77. The molecule has 1 aliphatic heterocycles. The molecule has 104 valence electrons. The van der Waals surface area contributed by atoms with Crippen molar-refractivity contribution in [1.82, 2.24) is 0 Å². The molecule has 0 amide bonds. The predicted molar refractivity (Wildman–Crippen MR) is 82.8 cm³/mol. The lowest BCUT2D eigenvalue weighted by atomic mass is 10.0. The number of aryl methyl sites for hydroxylation is 1. The van der Waals surface area contributed by atoms with E-state index in [9.17, 15) is 0 Å². The summed E-state index contributed by atoms with van der Waals surface area (Å²) in [7, 11) is 0. The number of anilines is 1. The van der Waals surface area contributed by atoms with Gasteiger partial charge < -0.3 is 15.8 Å². The average molecular weight is 287 g/mol. The first-order chi connectivity index (χ1) is 9.69. The van der Waals surface area contributed by atoms with Gasteiger partial charge in [-0.1, -0.05) is 5.16 Å². The summed E-state index contributed by atoms with van der Waals surface area (Å²) in [6.45, 7) is 3.98. The highest BCUT2D eigenvalue weighted by Crippen LogP contribution is 2.28. The van der Waals surface area contributed by atoms with E-state index < -0.39 is 0 Å². The molecule has 4 nitrogen and oxygen atoms in total. The number of hydrogen-bond acceptors (Lipinski definition) is 4. The monoisotopic (exact) mass is 287 g/mol. The SMILES string of the molecule is Cc1cc(N2CCc3sccc3C2)ccc1/C(N)=N/O. The summed E-state index contributed by atoms with van der Waals surface area (Å²) in [5.41, 5.74) is 10.1. The van der Waals surface area contributed by atoms with Gasteiger partial charge in [0.1, 0.15) is 0 Å². The summed E-state index contributed by atoms with van der Waals surface area (Å²) in [5.74, 6) is 0.160. The van der Waals surface area contributed by atoms with Crippen molar-refractivity contribution in [3.63, 3.8) is 0 Å². The summed E-state index contributed by atoms with van der Waals surface area (Å²) in [6, 6.07) is 8.27. The number of nitrogens with zero attached hydrogens (tertiary/aromatic N) is 2. The molecule has 3 N–H and O–H groups in total. The second-order valence-corrected chi connectivity index (χ2v) is 6.03. The summed E-state index contributed by atoms with van der Waals surface area (Å²) in [5, 5.41) is 14.0. The van der Waals surface area contributed by atoms with Gasteiger partial charge in [0.15, 0.2) is 5.84 Å². The molecule has 5 heteroatoms. The Labute approximate surface area is 122 Å². The number of hydrogen-bond donors (Lipinski definition) is 2. The Kier molecular flexibility index (Phi) is 3.36. The van der Waals surface area contributed by atoms with Crippen LogP contribution in [0.1, 0.15) is 21.6 Å². The number of nitrogens with two attached hydrogens (primary N) is 1. The Bertz CT molecular complexity index is 663. The highest BCUT2D eigenvalue weighted by molar-refractivity contribution is 7.10.